The Balaban J connectivity index is 2.34. The van der Waals surface area contributed by atoms with Gasteiger partial charge in [-0.3, -0.25) is 9.78 Å². The number of carbonyl (C=O) groups is 1. The summed E-state index contributed by atoms with van der Waals surface area (Å²) < 4.78 is 22.5. The summed E-state index contributed by atoms with van der Waals surface area (Å²) in [6.45, 7) is 0. The van der Waals surface area contributed by atoms with Crippen molar-refractivity contribution in [1.29, 1.82) is 0 Å². The summed E-state index contributed by atoms with van der Waals surface area (Å²) in [6.07, 6.45) is 2.30. The van der Waals surface area contributed by atoms with Crippen molar-refractivity contribution in [2.24, 2.45) is 0 Å². The second kappa shape index (κ2) is 4.70. The first kappa shape index (κ1) is 12.4. The lowest BCUT2D eigenvalue weighted by atomic mass is 10.1. The van der Waals surface area contributed by atoms with Gasteiger partial charge in [-0.2, -0.15) is 0 Å². The highest BCUT2D eigenvalue weighted by molar-refractivity contribution is 7.90. The molecule has 0 aliphatic carbocycles. The smallest absolute Gasteiger partial charge is 0.211 e. The van der Waals surface area contributed by atoms with Gasteiger partial charge in [-0.25, -0.2) is 8.42 Å². The van der Waals surface area contributed by atoms with Gasteiger partial charge in [-0.15, -0.1) is 0 Å². The molecule has 2 aromatic rings. The molecular weight excluding hydrogens is 250 g/mol. The van der Waals surface area contributed by atoms with E-state index in [0.29, 0.717) is 5.56 Å². The molecule has 92 valence electrons. The lowest BCUT2D eigenvalue weighted by Crippen LogP contribution is -2.05. The van der Waals surface area contributed by atoms with Gasteiger partial charge in [-0.1, -0.05) is 30.3 Å². The van der Waals surface area contributed by atoms with E-state index < -0.39 is 9.84 Å². The molecule has 0 saturated heterocycles. The van der Waals surface area contributed by atoms with Crippen LogP contribution in [0.2, 0.25) is 0 Å². The Bertz CT molecular complexity index is 661. The minimum absolute atomic E-state index is 0.104. The largest absolute Gasteiger partial charge is 0.287 e. The molecule has 0 aliphatic heterocycles. The topological polar surface area (TPSA) is 64.1 Å². The maximum absolute atomic E-state index is 12.0. The average Bonchev–Trinajstić information content (AvgIpc) is 2.38. The first-order chi connectivity index (χ1) is 8.48. The molecule has 0 bridgehead atoms. The number of ketones is 1. The number of aromatic nitrogens is 1. The van der Waals surface area contributed by atoms with Gasteiger partial charge < -0.3 is 0 Å². The van der Waals surface area contributed by atoms with Crippen molar-refractivity contribution in [3.63, 3.8) is 0 Å². The van der Waals surface area contributed by atoms with Crippen LogP contribution in [0.25, 0.3) is 0 Å². The molecule has 0 spiro atoms. The average molecular weight is 261 g/mol. The Kier molecular flexibility index (Phi) is 3.25. The maximum atomic E-state index is 12.0. The molecule has 18 heavy (non-hydrogen) atoms. The SMILES string of the molecule is CS(=O)(=O)c1ccc(C(=O)c2ccccc2)nc1. The minimum Gasteiger partial charge on any atom is -0.287 e. The number of sulfone groups is 1. The quantitative estimate of drug-likeness (QED) is 0.789. The van der Waals surface area contributed by atoms with Crippen LogP contribution < -0.4 is 0 Å². The van der Waals surface area contributed by atoms with E-state index in [2.05, 4.69) is 4.98 Å². The van der Waals surface area contributed by atoms with Gasteiger partial charge in [-0.05, 0) is 12.1 Å². The fraction of sp³-hybridized carbons (Fsp3) is 0.0769. The van der Waals surface area contributed by atoms with Gasteiger partial charge in [0.25, 0.3) is 0 Å². The molecule has 0 aliphatic rings. The van der Waals surface area contributed by atoms with Crippen LogP contribution in [0.4, 0.5) is 0 Å². The third-order valence-corrected chi connectivity index (χ3v) is 3.53. The number of carbonyl (C=O) groups excluding carboxylic acids is 1. The van der Waals surface area contributed by atoms with E-state index in [0.717, 1.165) is 6.26 Å². The number of hydrogen-bond acceptors (Lipinski definition) is 4. The third kappa shape index (κ3) is 2.62. The summed E-state index contributed by atoms with van der Waals surface area (Å²) in [4.78, 5) is 16.0. The summed E-state index contributed by atoms with van der Waals surface area (Å²) in [5.74, 6) is -0.226. The van der Waals surface area contributed by atoms with Gasteiger partial charge in [0, 0.05) is 18.0 Å². The van der Waals surface area contributed by atoms with Crippen molar-refractivity contribution in [2.45, 2.75) is 4.90 Å². The van der Waals surface area contributed by atoms with Crippen LogP contribution in [0.3, 0.4) is 0 Å². The molecule has 0 N–H and O–H groups in total. The predicted octanol–water partition coefficient (Wildman–Crippen LogP) is 1.72. The fourth-order valence-electron chi connectivity index (χ4n) is 1.47. The molecule has 1 aromatic carbocycles. The van der Waals surface area contributed by atoms with Crippen molar-refractivity contribution >= 4 is 15.6 Å². The molecule has 0 radical (unpaired) electrons. The highest BCUT2D eigenvalue weighted by Gasteiger charge is 2.12. The number of benzene rings is 1. The van der Waals surface area contributed by atoms with Crippen molar-refractivity contribution < 1.29 is 13.2 Å². The van der Waals surface area contributed by atoms with E-state index in [1.165, 1.54) is 18.3 Å². The molecule has 2 rings (SSSR count). The van der Waals surface area contributed by atoms with Crippen molar-refractivity contribution in [2.75, 3.05) is 6.26 Å². The Hall–Kier alpha value is -2.01. The van der Waals surface area contributed by atoms with Crippen LogP contribution in [-0.2, 0) is 9.84 Å². The maximum Gasteiger partial charge on any atom is 0.211 e. The van der Waals surface area contributed by atoms with Crippen LogP contribution in [0.5, 0.6) is 0 Å². The van der Waals surface area contributed by atoms with Crippen LogP contribution in [0.1, 0.15) is 16.1 Å². The summed E-state index contributed by atoms with van der Waals surface area (Å²) in [6, 6.07) is 11.5. The Labute approximate surface area is 105 Å². The second-order valence-corrected chi connectivity index (χ2v) is 5.86. The molecule has 0 fully saturated rings. The zero-order chi connectivity index (χ0) is 13.2. The molecular formula is C13H11NO3S. The van der Waals surface area contributed by atoms with Crippen LogP contribution >= 0.6 is 0 Å². The Morgan fingerprint density at radius 2 is 1.72 bits per heavy atom. The van der Waals surface area contributed by atoms with E-state index in [4.69, 9.17) is 0 Å². The third-order valence-electron chi connectivity index (χ3n) is 2.43. The number of nitrogens with zero attached hydrogens (tertiary/aromatic N) is 1. The molecule has 0 unspecified atom stereocenters. The van der Waals surface area contributed by atoms with Gasteiger partial charge in [0.05, 0.1) is 4.90 Å². The van der Waals surface area contributed by atoms with E-state index in [-0.39, 0.29) is 16.4 Å². The molecule has 5 heteroatoms. The van der Waals surface area contributed by atoms with Crippen LogP contribution in [-0.4, -0.2) is 25.4 Å². The molecule has 0 saturated carbocycles. The van der Waals surface area contributed by atoms with Gasteiger partial charge >= 0.3 is 0 Å². The summed E-state index contributed by atoms with van der Waals surface area (Å²) >= 11 is 0. The molecule has 1 aromatic heterocycles. The monoisotopic (exact) mass is 261 g/mol. The number of pyridine rings is 1. The van der Waals surface area contributed by atoms with E-state index in [1.54, 1.807) is 24.3 Å². The van der Waals surface area contributed by atoms with Crippen molar-refractivity contribution in [3.8, 4) is 0 Å². The molecule has 4 nitrogen and oxygen atoms in total. The first-order valence-electron chi connectivity index (χ1n) is 5.24. The molecule has 0 atom stereocenters. The first-order valence-corrected chi connectivity index (χ1v) is 7.13. The lowest BCUT2D eigenvalue weighted by Gasteiger charge is -2.01. The zero-order valence-electron chi connectivity index (χ0n) is 9.70. The lowest BCUT2D eigenvalue weighted by molar-refractivity contribution is 0.103. The van der Waals surface area contributed by atoms with Crippen LogP contribution in [0.15, 0.2) is 53.6 Å². The van der Waals surface area contributed by atoms with E-state index >= 15 is 0 Å². The highest BCUT2D eigenvalue weighted by atomic mass is 32.2. The Morgan fingerprint density at radius 3 is 2.22 bits per heavy atom. The van der Waals surface area contributed by atoms with Gasteiger partial charge in [0.2, 0.25) is 5.78 Å². The standard InChI is InChI=1S/C13H11NO3S/c1-18(16,17)11-7-8-12(14-9-11)13(15)10-5-3-2-4-6-10/h2-9H,1H3. The molecule has 0 amide bonds. The fourth-order valence-corrected chi connectivity index (χ4v) is 2.03. The summed E-state index contributed by atoms with van der Waals surface area (Å²) in [5, 5.41) is 0. The van der Waals surface area contributed by atoms with Gasteiger partial charge in [0.1, 0.15) is 5.69 Å². The zero-order valence-corrected chi connectivity index (χ0v) is 10.5. The number of rotatable bonds is 3. The van der Waals surface area contributed by atoms with Crippen LogP contribution in [0, 0.1) is 0 Å². The normalized spacial score (nSPS) is 11.2. The predicted molar refractivity (Wildman–Crippen MR) is 67.2 cm³/mol. The van der Waals surface area contributed by atoms with E-state index in [9.17, 15) is 13.2 Å². The number of hydrogen-bond donors (Lipinski definition) is 0. The molecule has 1 heterocycles. The highest BCUT2D eigenvalue weighted by Crippen LogP contribution is 2.11. The van der Waals surface area contributed by atoms with Gasteiger partial charge in [0.15, 0.2) is 9.84 Å². The van der Waals surface area contributed by atoms with Crippen molar-refractivity contribution in [1.82, 2.24) is 4.98 Å². The minimum atomic E-state index is -3.28. The van der Waals surface area contributed by atoms with E-state index in [1.807, 2.05) is 6.07 Å². The Morgan fingerprint density at radius 1 is 1.06 bits per heavy atom. The second-order valence-electron chi connectivity index (χ2n) is 3.85. The van der Waals surface area contributed by atoms with Crippen molar-refractivity contribution in [3.05, 3.63) is 59.9 Å². The summed E-state index contributed by atoms with van der Waals surface area (Å²) in [7, 11) is -3.28. The summed E-state index contributed by atoms with van der Waals surface area (Å²) in [5.41, 5.74) is 0.755.